The number of hydrogen-bond donors (Lipinski definition) is 0. The quantitative estimate of drug-likeness (QED) is 0.229. The second kappa shape index (κ2) is 9.86. The van der Waals surface area contributed by atoms with Crippen LogP contribution in [0.25, 0.3) is 55.5 Å². The summed E-state index contributed by atoms with van der Waals surface area (Å²) in [6.07, 6.45) is 4.47. The van der Waals surface area contributed by atoms with E-state index >= 15 is 0 Å². The van der Waals surface area contributed by atoms with E-state index in [4.69, 9.17) is 10.2 Å². The van der Waals surface area contributed by atoms with Gasteiger partial charge >= 0.3 is 0 Å². The van der Waals surface area contributed by atoms with Gasteiger partial charge in [-0.15, -0.1) is 0 Å². The van der Waals surface area contributed by atoms with E-state index in [1.807, 2.05) is 0 Å². The van der Waals surface area contributed by atoms with E-state index in [0.29, 0.717) is 0 Å². The van der Waals surface area contributed by atoms with E-state index in [2.05, 4.69) is 132 Å². The zero-order valence-corrected chi connectivity index (χ0v) is 22.6. The molecule has 0 aliphatic rings. The first-order valence-electron chi connectivity index (χ1n) is 13.7. The van der Waals surface area contributed by atoms with Crippen LogP contribution in [-0.4, -0.2) is 46.0 Å². The Labute approximate surface area is 223 Å². The summed E-state index contributed by atoms with van der Waals surface area (Å²) in [5, 5.41) is 21.9. The zero-order chi connectivity index (χ0) is 26.2. The molecule has 0 radical (unpaired) electrons. The fraction of sp³-hybridized carbons (Fsp3) is 0.250. The minimum atomic E-state index is 0.869. The molecule has 38 heavy (non-hydrogen) atoms. The van der Waals surface area contributed by atoms with Gasteiger partial charge in [-0.25, -0.2) is 0 Å². The van der Waals surface area contributed by atoms with Gasteiger partial charge in [0.25, 0.3) is 0 Å². The second-order valence-corrected chi connectivity index (χ2v) is 9.52. The molecule has 0 amide bonds. The standard InChI is InChI=1S/C32H34N6/c1-5-35(6-2)37-29(31-25-15-11-9-13-23(25)17-19-27(31)33-37)21-22-30-32-26-16-12-10-14-24(26)18-20-28(32)34-38(30)36(7-3)8-4/h9-22H,5-8H2,1-4H3. The fourth-order valence-corrected chi connectivity index (χ4v) is 5.61. The minimum absolute atomic E-state index is 0.869. The van der Waals surface area contributed by atoms with Gasteiger partial charge < -0.3 is 0 Å². The van der Waals surface area contributed by atoms with Crippen LogP contribution in [0.3, 0.4) is 0 Å². The molecular weight excluding hydrogens is 468 g/mol. The van der Waals surface area contributed by atoms with Crippen LogP contribution in [0.15, 0.2) is 72.8 Å². The van der Waals surface area contributed by atoms with E-state index in [-0.39, 0.29) is 0 Å². The first-order valence-corrected chi connectivity index (χ1v) is 13.7. The van der Waals surface area contributed by atoms with Gasteiger partial charge in [-0.2, -0.15) is 19.8 Å². The largest absolute Gasteiger partial charge is 0.297 e. The smallest absolute Gasteiger partial charge is 0.0957 e. The summed E-state index contributed by atoms with van der Waals surface area (Å²) in [4.78, 5) is 4.18. The number of nitrogens with zero attached hydrogens (tertiary/aromatic N) is 6. The van der Waals surface area contributed by atoms with Gasteiger partial charge in [0, 0.05) is 37.0 Å². The molecule has 0 N–H and O–H groups in total. The molecule has 0 aliphatic heterocycles. The highest BCUT2D eigenvalue weighted by Crippen LogP contribution is 2.32. The molecule has 0 fully saturated rings. The molecule has 0 atom stereocenters. The second-order valence-electron chi connectivity index (χ2n) is 9.52. The number of benzene rings is 4. The zero-order valence-electron chi connectivity index (χ0n) is 22.6. The Kier molecular flexibility index (Phi) is 6.24. The summed E-state index contributed by atoms with van der Waals surface area (Å²) in [6, 6.07) is 25.8. The molecule has 6 heteroatoms. The molecule has 0 spiro atoms. The number of hydrogen-bond acceptors (Lipinski definition) is 4. The maximum absolute atomic E-state index is 5.07. The topological polar surface area (TPSA) is 42.1 Å². The summed E-state index contributed by atoms with van der Waals surface area (Å²) in [6.45, 7) is 12.2. The van der Waals surface area contributed by atoms with Crippen LogP contribution in [0.2, 0.25) is 0 Å². The summed E-state index contributed by atoms with van der Waals surface area (Å²) < 4.78 is 0. The molecular formula is C32H34N6. The molecule has 2 aromatic heterocycles. The van der Waals surface area contributed by atoms with E-state index in [1.54, 1.807) is 0 Å². The molecule has 0 unspecified atom stereocenters. The average Bonchev–Trinajstić information content (AvgIpc) is 3.52. The molecule has 4 aromatic carbocycles. The molecule has 6 rings (SSSR count). The summed E-state index contributed by atoms with van der Waals surface area (Å²) in [5.41, 5.74) is 4.17. The Balaban J connectivity index is 1.66. The van der Waals surface area contributed by atoms with Gasteiger partial charge in [0.05, 0.1) is 22.4 Å². The van der Waals surface area contributed by atoms with Crippen LogP contribution in [-0.2, 0) is 0 Å². The highest BCUT2D eigenvalue weighted by molar-refractivity contribution is 6.12. The molecule has 2 heterocycles. The van der Waals surface area contributed by atoms with Crippen LogP contribution in [0.4, 0.5) is 0 Å². The highest BCUT2D eigenvalue weighted by Gasteiger charge is 2.18. The Morgan fingerprint density at radius 2 is 0.947 bits per heavy atom. The van der Waals surface area contributed by atoms with Crippen LogP contribution in [0.5, 0.6) is 0 Å². The van der Waals surface area contributed by atoms with Crippen molar-refractivity contribution < 1.29 is 0 Å². The van der Waals surface area contributed by atoms with E-state index in [0.717, 1.165) is 48.6 Å². The van der Waals surface area contributed by atoms with Gasteiger partial charge in [-0.1, -0.05) is 60.7 Å². The van der Waals surface area contributed by atoms with Crippen LogP contribution < -0.4 is 10.0 Å². The SMILES string of the molecule is CCN(CC)n1nc2ccc3ccccc3c2c1C=Cc1c2c(ccc3ccccc32)nn1N(CC)CC. The van der Waals surface area contributed by atoms with Crippen LogP contribution in [0.1, 0.15) is 39.1 Å². The van der Waals surface area contributed by atoms with E-state index in [9.17, 15) is 0 Å². The summed E-state index contributed by atoms with van der Waals surface area (Å²) in [7, 11) is 0. The first-order chi connectivity index (χ1) is 18.7. The minimum Gasteiger partial charge on any atom is -0.297 e. The number of rotatable bonds is 8. The predicted octanol–water partition coefficient (Wildman–Crippen LogP) is 6.82. The molecule has 192 valence electrons. The Morgan fingerprint density at radius 1 is 0.553 bits per heavy atom. The molecule has 6 nitrogen and oxygen atoms in total. The Hall–Kier alpha value is -4.32. The van der Waals surface area contributed by atoms with Crippen LogP contribution >= 0.6 is 0 Å². The van der Waals surface area contributed by atoms with Crippen molar-refractivity contribution in [2.24, 2.45) is 0 Å². The Morgan fingerprint density at radius 3 is 1.34 bits per heavy atom. The monoisotopic (exact) mass is 502 g/mol. The van der Waals surface area contributed by atoms with Crippen LogP contribution in [0, 0.1) is 0 Å². The summed E-state index contributed by atoms with van der Waals surface area (Å²) >= 11 is 0. The van der Waals surface area contributed by atoms with Crippen molar-refractivity contribution in [2.75, 3.05) is 36.2 Å². The van der Waals surface area contributed by atoms with Crippen molar-refractivity contribution in [3.63, 3.8) is 0 Å². The van der Waals surface area contributed by atoms with Gasteiger partial charge in [0.2, 0.25) is 0 Å². The van der Waals surface area contributed by atoms with Crippen molar-refractivity contribution in [3.05, 3.63) is 84.2 Å². The first kappa shape index (κ1) is 24.0. The third kappa shape index (κ3) is 3.79. The van der Waals surface area contributed by atoms with Crippen molar-refractivity contribution in [1.29, 1.82) is 0 Å². The lowest BCUT2D eigenvalue weighted by Crippen LogP contribution is -2.36. The van der Waals surface area contributed by atoms with Crippen molar-refractivity contribution in [2.45, 2.75) is 27.7 Å². The maximum Gasteiger partial charge on any atom is 0.0957 e. The van der Waals surface area contributed by atoms with Gasteiger partial charge in [0.1, 0.15) is 0 Å². The van der Waals surface area contributed by atoms with Crippen molar-refractivity contribution >= 4 is 55.5 Å². The molecule has 0 bridgehead atoms. The average molecular weight is 503 g/mol. The molecule has 0 aliphatic carbocycles. The lowest BCUT2D eigenvalue weighted by molar-refractivity contribution is 0.556. The highest BCUT2D eigenvalue weighted by atomic mass is 15.7. The third-order valence-electron chi connectivity index (χ3n) is 7.56. The predicted molar refractivity (Wildman–Crippen MR) is 162 cm³/mol. The lowest BCUT2D eigenvalue weighted by atomic mass is 10.0. The van der Waals surface area contributed by atoms with Crippen molar-refractivity contribution in [3.8, 4) is 0 Å². The molecule has 0 saturated heterocycles. The van der Waals surface area contributed by atoms with Crippen molar-refractivity contribution in [1.82, 2.24) is 19.8 Å². The van der Waals surface area contributed by atoms with E-state index < -0.39 is 0 Å². The summed E-state index contributed by atoms with van der Waals surface area (Å²) in [5.74, 6) is 0. The number of fused-ring (bicyclic) bond motifs is 6. The Bertz CT molecular complexity index is 1650. The number of aromatic nitrogens is 4. The van der Waals surface area contributed by atoms with E-state index in [1.165, 1.54) is 32.3 Å². The third-order valence-corrected chi connectivity index (χ3v) is 7.56. The maximum atomic E-state index is 5.07. The van der Waals surface area contributed by atoms with Gasteiger partial charge in [-0.3, -0.25) is 10.0 Å². The lowest BCUT2D eigenvalue weighted by Gasteiger charge is -2.23. The van der Waals surface area contributed by atoms with Gasteiger partial charge in [0.15, 0.2) is 0 Å². The van der Waals surface area contributed by atoms with Gasteiger partial charge in [-0.05, 0) is 73.5 Å². The normalized spacial score (nSPS) is 12.0. The fourth-order valence-electron chi connectivity index (χ4n) is 5.61. The molecule has 0 saturated carbocycles. The molecule has 6 aromatic rings.